The number of aromatic amines is 1. The molecule has 3 aromatic heterocycles. The van der Waals surface area contributed by atoms with Gasteiger partial charge in [0, 0.05) is 64.0 Å². The van der Waals surface area contributed by atoms with Crippen LogP contribution in [0.4, 0.5) is 19.1 Å². The molecule has 13 heteroatoms. The number of likely N-dealkylation sites (N-methyl/N-ethyl adjacent to an activating group) is 1. The SMILES string of the molecule is CCC1CN(C(=O)Cc2ccc(CN3CCN(CC)CC3)c(C(F)(F)F)c2)Cc2cc(Oc3ccnc4nc(N)[nH]c34)cnc21. The van der Waals surface area contributed by atoms with Gasteiger partial charge in [-0.2, -0.15) is 18.2 Å². The van der Waals surface area contributed by atoms with Gasteiger partial charge >= 0.3 is 6.18 Å². The van der Waals surface area contributed by atoms with Crippen molar-refractivity contribution in [1.29, 1.82) is 0 Å². The normalized spacial score (nSPS) is 17.9. The molecule has 6 rings (SSSR count). The summed E-state index contributed by atoms with van der Waals surface area (Å²) in [7, 11) is 0. The van der Waals surface area contributed by atoms with Crippen molar-refractivity contribution in [1.82, 2.24) is 34.6 Å². The molecule has 0 aliphatic carbocycles. The summed E-state index contributed by atoms with van der Waals surface area (Å²) in [5.74, 6) is 0.937. The third-order valence-electron chi connectivity index (χ3n) is 8.75. The van der Waals surface area contributed by atoms with E-state index in [4.69, 9.17) is 10.5 Å². The molecule has 0 saturated carbocycles. The van der Waals surface area contributed by atoms with Gasteiger partial charge in [-0.1, -0.05) is 26.0 Å². The molecule has 1 saturated heterocycles. The van der Waals surface area contributed by atoms with Crippen LogP contribution in [0.15, 0.2) is 42.7 Å². The van der Waals surface area contributed by atoms with Crippen LogP contribution < -0.4 is 10.5 Å². The maximum atomic E-state index is 14.2. The Balaban J connectivity index is 1.18. The van der Waals surface area contributed by atoms with Crippen LogP contribution in [0.3, 0.4) is 0 Å². The number of amides is 1. The van der Waals surface area contributed by atoms with Crippen molar-refractivity contribution in [3.8, 4) is 11.5 Å². The zero-order valence-electron chi connectivity index (χ0n) is 25.4. The van der Waals surface area contributed by atoms with Gasteiger partial charge in [-0.3, -0.25) is 14.7 Å². The number of rotatable bonds is 8. The van der Waals surface area contributed by atoms with Gasteiger partial charge in [0.2, 0.25) is 5.91 Å². The maximum absolute atomic E-state index is 14.2. The fourth-order valence-corrected chi connectivity index (χ4v) is 6.23. The summed E-state index contributed by atoms with van der Waals surface area (Å²) < 4.78 is 48.6. The van der Waals surface area contributed by atoms with Gasteiger partial charge in [-0.05, 0) is 41.8 Å². The molecule has 3 N–H and O–H groups in total. The minimum atomic E-state index is -4.51. The van der Waals surface area contributed by atoms with Crippen LogP contribution in [0.2, 0.25) is 0 Å². The van der Waals surface area contributed by atoms with Crippen LogP contribution in [0.1, 0.15) is 54.1 Å². The number of anilines is 1. The number of alkyl halides is 3. The minimum absolute atomic E-state index is 0.00641. The van der Waals surface area contributed by atoms with Crippen LogP contribution >= 0.6 is 0 Å². The van der Waals surface area contributed by atoms with E-state index in [1.807, 2.05) is 13.0 Å². The Bertz CT molecular complexity index is 1680. The molecule has 0 radical (unpaired) electrons. The first kappa shape index (κ1) is 30.8. The summed E-state index contributed by atoms with van der Waals surface area (Å²) in [5, 5.41) is 0. The lowest BCUT2D eigenvalue weighted by Crippen LogP contribution is -2.45. The van der Waals surface area contributed by atoms with Crippen LogP contribution in [-0.2, 0) is 30.5 Å². The number of benzene rings is 1. The van der Waals surface area contributed by atoms with E-state index >= 15 is 0 Å². The highest BCUT2D eigenvalue weighted by atomic mass is 19.4. The first-order valence-electron chi connectivity index (χ1n) is 15.3. The molecule has 238 valence electrons. The predicted molar refractivity (Wildman–Crippen MR) is 164 cm³/mol. The molecule has 45 heavy (non-hydrogen) atoms. The monoisotopic (exact) mass is 622 g/mol. The fourth-order valence-electron chi connectivity index (χ4n) is 6.23. The number of piperazine rings is 1. The lowest BCUT2D eigenvalue weighted by Gasteiger charge is -2.34. The number of hydrogen-bond donors (Lipinski definition) is 2. The van der Waals surface area contributed by atoms with Gasteiger partial charge in [0.05, 0.1) is 23.9 Å². The number of nitrogen functional groups attached to an aromatic ring is 1. The van der Waals surface area contributed by atoms with E-state index in [-0.39, 0.29) is 42.8 Å². The lowest BCUT2D eigenvalue weighted by molar-refractivity contribution is -0.139. The summed E-state index contributed by atoms with van der Waals surface area (Å²) in [6.07, 6.45) is -0.663. The lowest BCUT2D eigenvalue weighted by atomic mass is 9.92. The Hall–Kier alpha value is -4.23. The van der Waals surface area contributed by atoms with Crippen LogP contribution in [0, 0.1) is 0 Å². The molecule has 1 aromatic carbocycles. The Kier molecular flexibility index (Phi) is 8.65. The first-order valence-corrected chi connectivity index (χ1v) is 15.3. The molecule has 1 fully saturated rings. The number of H-pyrrole nitrogens is 1. The Morgan fingerprint density at radius 1 is 1.09 bits per heavy atom. The number of imidazole rings is 1. The van der Waals surface area contributed by atoms with Gasteiger partial charge in [-0.15, -0.1) is 0 Å². The third kappa shape index (κ3) is 6.74. The summed E-state index contributed by atoms with van der Waals surface area (Å²) in [5.41, 5.74) is 8.41. The number of ether oxygens (including phenoxy) is 1. The van der Waals surface area contributed by atoms with Crippen molar-refractivity contribution in [2.75, 3.05) is 45.0 Å². The van der Waals surface area contributed by atoms with E-state index in [2.05, 4.69) is 36.7 Å². The van der Waals surface area contributed by atoms with Crippen molar-refractivity contribution in [3.63, 3.8) is 0 Å². The standard InChI is InChI=1S/C32H37F3N8O2/c1-3-21-18-43(19-23-15-24(16-38-28(21)23)45-26-7-8-37-30-29(26)39-31(36)40-30)27(44)14-20-5-6-22(25(13-20)32(33,34)35)17-42-11-9-41(4-2)10-12-42/h5-8,13,15-16,21H,3-4,9-12,14,17-19H2,1-2H3,(H3,36,37,39,40). The Morgan fingerprint density at radius 3 is 2.60 bits per heavy atom. The number of nitrogens with zero attached hydrogens (tertiary/aromatic N) is 6. The van der Waals surface area contributed by atoms with Crippen LogP contribution in [0.5, 0.6) is 11.5 Å². The van der Waals surface area contributed by atoms with Crippen molar-refractivity contribution in [2.24, 2.45) is 0 Å². The number of fused-ring (bicyclic) bond motifs is 2. The summed E-state index contributed by atoms with van der Waals surface area (Å²) in [4.78, 5) is 35.5. The quantitative estimate of drug-likeness (QED) is 0.283. The molecular formula is C32H37F3N8O2. The first-order chi connectivity index (χ1) is 21.6. The average Bonchev–Trinajstić information content (AvgIpc) is 3.42. The maximum Gasteiger partial charge on any atom is 0.416 e. The molecular weight excluding hydrogens is 585 g/mol. The highest BCUT2D eigenvalue weighted by Gasteiger charge is 2.35. The molecule has 10 nitrogen and oxygen atoms in total. The minimum Gasteiger partial charge on any atom is -0.453 e. The molecule has 2 aliphatic rings. The number of nitrogens with two attached hydrogens (primary N) is 1. The number of hydrogen-bond acceptors (Lipinski definition) is 8. The summed E-state index contributed by atoms with van der Waals surface area (Å²) in [6.45, 7) is 9.17. The molecule has 0 spiro atoms. The number of carbonyl (C=O) groups excluding carboxylic acids is 1. The molecule has 1 amide bonds. The van der Waals surface area contributed by atoms with Crippen molar-refractivity contribution in [3.05, 3.63) is 70.7 Å². The van der Waals surface area contributed by atoms with Crippen molar-refractivity contribution in [2.45, 2.75) is 51.9 Å². The second-order valence-corrected chi connectivity index (χ2v) is 11.7. The van der Waals surface area contributed by atoms with E-state index in [9.17, 15) is 18.0 Å². The molecule has 1 unspecified atom stereocenters. The molecule has 0 bridgehead atoms. The van der Waals surface area contributed by atoms with E-state index in [1.165, 1.54) is 6.07 Å². The fraction of sp³-hybridized carbons (Fsp3) is 0.438. The average molecular weight is 623 g/mol. The third-order valence-corrected chi connectivity index (χ3v) is 8.75. The predicted octanol–water partition coefficient (Wildman–Crippen LogP) is 4.96. The van der Waals surface area contributed by atoms with Gasteiger partial charge in [-0.25, -0.2) is 4.98 Å². The van der Waals surface area contributed by atoms with Crippen LogP contribution in [0.25, 0.3) is 11.2 Å². The van der Waals surface area contributed by atoms with E-state index in [0.29, 0.717) is 34.8 Å². The topological polar surface area (TPSA) is 117 Å². The van der Waals surface area contributed by atoms with Crippen molar-refractivity contribution < 1.29 is 22.7 Å². The number of halogens is 3. The van der Waals surface area contributed by atoms with Gasteiger partial charge in [0.1, 0.15) is 11.3 Å². The molecule has 5 heterocycles. The van der Waals surface area contributed by atoms with Gasteiger partial charge in [0.25, 0.3) is 0 Å². The highest BCUT2D eigenvalue weighted by Crippen LogP contribution is 2.36. The van der Waals surface area contributed by atoms with Crippen LogP contribution in [-0.4, -0.2) is 79.8 Å². The number of nitrogens with one attached hydrogen (secondary N) is 1. The second kappa shape index (κ2) is 12.6. The summed E-state index contributed by atoms with van der Waals surface area (Å²) in [6, 6.07) is 7.89. The highest BCUT2D eigenvalue weighted by molar-refractivity contribution is 5.80. The Morgan fingerprint density at radius 2 is 1.87 bits per heavy atom. The summed E-state index contributed by atoms with van der Waals surface area (Å²) >= 11 is 0. The number of aromatic nitrogens is 4. The smallest absolute Gasteiger partial charge is 0.416 e. The van der Waals surface area contributed by atoms with E-state index in [1.54, 1.807) is 29.4 Å². The van der Waals surface area contributed by atoms with E-state index in [0.717, 1.165) is 56.5 Å². The van der Waals surface area contributed by atoms with E-state index < -0.39 is 11.7 Å². The van der Waals surface area contributed by atoms with Crippen molar-refractivity contribution >= 4 is 23.0 Å². The zero-order chi connectivity index (χ0) is 31.7. The molecule has 4 aromatic rings. The largest absolute Gasteiger partial charge is 0.453 e. The van der Waals surface area contributed by atoms with Gasteiger partial charge in [0.15, 0.2) is 17.3 Å². The number of pyridine rings is 2. The molecule has 1 atom stereocenters. The molecule has 2 aliphatic heterocycles. The number of carbonyl (C=O) groups is 1. The van der Waals surface area contributed by atoms with Gasteiger partial charge < -0.3 is 25.3 Å². The zero-order valence-corrected chi connectivity index (χ0v) is 25.4. The second-order valence-electron chi connectivity index (χ2n) is 11.7. The Labute approximate surface area is 259 Å².